The second-order valence-electron chi connectivity index (χ2n) is 7.42. The number of nitrogens with one attached hydrogen (secondary N) is 4. The van der Waals surface area contributed by atoms with E-state index < -0.39 is 0 Å². The number of amides is 4. The molecule has 30 heavy (non-hydrogen) atoms. The number of hydrogen-bond donors (Lipinski definition) is 4. The van der Waals surface area contributed by atoms with E-state index in [2.05, 4.69) is 28.4 Å². The summed E-state index contributed by atoms with van der Waals surface area (Å²) >= 11 is 1.50. The van der Waals surface area contributed by atoms with E-state index in [1.54, 1.807) is 0 Å². The van der Waals surface area contributed by atoms with Crippen LogP contribution in [0.4, 0.5) is 4.79 Å². The van der Waals surface area contributed by atoms with E-state index in [9.17, 15) is 14.4 Å². The molecule has 1 atom stereocenters. The number of thiophene rings is 1. The Labute approximate surface area is 180 Å². The summed E-state index contributed by atoms with van der Waals surface area (Å²) in [5.74, 6) is 0.0311. The van der Waals surface area contributed by atoms with E-state index in [0.717, 1.165) is 24.8 Å². The molecule has 4 N–H and O–H groups in total. The summed E-state index contributed by atoms with van der Waals surface area (Å²) in [6.07, 6.45) is 4.45. The van der Waals surface area contributed by atoms with Gasteiger partial charge >= 0.3 is 6.03 Å². The predicted molar refractivity (Wildman–Crippen MR) is 117 cm³/mol. The molecule has 7 nitrogen and oxygen atoms in total. The highest BCUT2D eigenvalue weighted by Crippen LogP contribution is 2.33. The lowest BCUT2D eigenvalue weighted by molar-refractivity contribution is -0.121. The Balaban J connectivity index is 1.33. The minimum absolute atomic E-state index is 0.0676. The first kappa shape index (κ1) is 21.8. The fraction of sp³-hybridized carbons (Fsp3) is 0.409. The summed E-state index contributed by atoms with van der Waals surface area (Å²) in [6.45, 7) is 2.79. The monoisotopic (exact) mass is 428 g/mol. The third-order valence-corrected chi connectivity index (χ3v) is 6.47. The fourth-order valence-corrected chi connectivity index (χ4v) is 4.54. The zero-order chi connectivity index (χ0) is 21.3. The molecule has 0 radical (unpaired) electrons. The number of aryl methyl sites for hydroxylation is 1. The van der Waals surface area contributed by atoms with Crippen LogP contribution in [0.1, 0.15) is 51.9 Å². The first-order valence-corrected chi connectivity index (χ1v) is 11.1. The van der Waals surface area contributed by atoms with Crippen molar-refractivity contribution in [2.24, 2.45) is 5.92 Å². The minimum atomic E-state index is -0.362. The normalized spacial score (nSPS) is 15.0. The average Bonchev–Trinajstić information content (AvgIpc) is 3.20. The maximum absolute atomic E-state index is 12.3. The quantitative estimate of drug-likeness (QED) is 0.510. The third kappa shape index (κ3) is 6.32. The summed E-state index contributed by atoms with van der Waals surface area (Å²) in [5, 5.41) is 5.35. The van der Waals surface area contributed by atoms with Gasteiger partial charge in [0, 0.05) is 24.4 Å². The van der Waals surface area contributed by atoms with Crippen LogP contribution in [0.25, 0.3) is 0 Å². The standard InChI is InChI=1S/C22H28N4O3S/c1-2-15-8-9-18-17(12-15)13-19(30-18)21(28)26-25-20(27)10-11-23-22(29)24-14-16-6-4-3-5-7-16/h3-7,13,15H,2,8-12,14H2,1H3,(H,25,27)(H,26,28)(H2,23,24,29). The smallest absolute Gasteiger partial charge is 0.315 e. The Bertz CT molecular complexity index is 882. The molecule has 1 heterocycles. The zero-order valence-electron chi connectivity index (χ0n) is 17.1. The van der Waals surface area contributed by atoms with Crippen molar-refractivity contribution in [1.29, 1.82) is 0 Å². The molecule has 0 saturated heterocycles. The fourth-order valence-electron chi connectivity index (χ4n) is 3.44. The lowest BCUT2D eigenvalue weighted by atomic mass is 9.87. The van der Waals surface area contributed by atoms with Gasteiger partial charge in [-0.25, -0.2) is 4.79 Å². The summed E-state index contributed by atoms with van der Waals surface area (Å²) in [7, 11) is 0. The van der Waals surface area contributed by atoms with Crippen molar-refractivity contribution in [1.82, 2.24) is 21.5 Å². The highest BCUT2D eigenvalue weighted by atomic mass is 32.1. The van der Waals surface area contributed by atoms with Crippen LogP contribution in [-0.2, 0) is 24.2 Å². The molecular weight excluding hydrogens is 400 g/mol. The van der Waals surface area contributed by atoms with Crippen LogP contribution in [0.5, 0.6) is 0 Å². The van der Waals surface area contributed by atoms with Gasteiger partial charge in [-0.2, -0.15) is 0 Å². The minimum Gasteiger partial charge on any atom is -0.338 e. The second kappa shape index (κ2) is 10.8. The van der Waals surface area contributed by atoms with Crippen molar-refractivity contribution in [3.8, 4) is 0 Å². The van der Waals surface area contributed by atoms with E-state index in [1.807, 2.05) is 36.4 Å². The van der Waals surface area contributed by atoms with Crippen molar-refractivity contribution in [2.45, 2.75) is 45.6 Å². The number of benzene rings is 1. The Morgan fingerprint density at radius 3 is 2.67 bits per heavy atom. The van der Waals surface area contributed by atoms with E-state index >= 15 is 0 Å². The van der Waals surface area contributed by atoms with Crippen LogP contribution in [0.2, 0.25) is 0 Å². The molecule has 1 aromatic heterocycles. The summed E-state index contributed by atoms with van der Waals surface area (Å²) in [6, 6.07) is 11.2. The molecule has 4 amide bonds. The van der Waals surface area contributed by atoms with Crippen LogP contribution >= 0.6 is 11.3 Å². The van der Waals surface area contributed by atoms with Gasteiger partial charge in [0.15, 0.2) is 0 Å². The first-order valence-electron chi connectivity index (χ1n) is 10.3. The molecular formula is C22H28N4O3S. The SMILES string of the molecule is CCC1CCc2sc(C(=O)NNC(=O)CCNC(=O)NCc3ccccc3)cc2C1. The molecule has 1 unspecified atom stereocenters. The molecule has 1 aromatic carbocycles. The number of carbonyl (C=O) groups excluding carboxylic acids is 3. The van der Waals surface area contributed by atoms with E-state index in [1.165, 1.54) is 28.2 Å². The zero-order valence-corrected chi connectivity index (χ0v) is 17.9. The number of hydrogen-bond acceptors (Lipinski definition) is 4. The van der Waals surface area contributed by atoms with Gasteiger partial charge in [-0.05, 0) is 42.4 Å². The molecule has 3 rings (SSSR count). The molecule has 0 bridgehead atoms. The van der Waals surface area contributed by atoms with Crippen LogP contribution in [0.3, 0.4) is 0 Å². The lowest BCUT2D eigenvalue weighted by Gasteiger charge is -2.19. The Hall–Kier alpha value is -2.87. The highest BCUT2D eigenvalue weighted by molar-refractivity contribution is 7.14. The van der Waals surface area contributed by atoms with Gasteiger partial charge in [-0.1, -0.05) is 43.7 Å². The summed E-state index contributed by atoms with van der Waals surface area (Å²) < 4.78 is 0. The predicted octanol–water partition coefficient (Wildman–Crippen LogP) is 2.91. The molecule has 1 aliphatic carbocycles. The van der Waals surface area contributed by atoms with Gasteiger partial charge < -0.3 is 10.6 Å². The molecule has 1 aliphatic rings. The van der Waals surface area contributed by atoms with Crippen molar-refractivity contribution in [3.05, 3.63) is 57.3 Å². The molecule has 0 saturated carbocycles. The maximum atomic E-state index is 12.3. The van der Waals surface area contributed by atoms with Crippen LogP contribution in [-0.4, -0.2) is 24.4 Å². The number of fused-ring (bicyclic) bond motifs is 1. The van der Waals surface area contributed by atoms with Crippen LogP contribution < -0.4 is 21.5 Å². The van der Waals surface area contributed by atoms with Crippen molar-refractivity contribution in [3.63, 3.8) is 0 Å². The van der Waals surface area contributed by atoms with Crippen molar-refractivity contribution >= 4 is 29.2 Å². The van der Waals surface area contributed by atoms with E-state index in [0.29, 0.717) is 17.3 Å². The topological polar surface area (TPSA) is 99.3 Å². The molecule has 160 valence electrons. The molecule has 0 aliphatic heterocycles. The number of rotatable bonds is 7. The summed E-state index contributed by atoms with van der Waals surface area (Å²) in [4.78, 5) is 37.9. The Morgan fingerprint density at radius 2 is 1.90 bits per heavy atom. The highest BCUT2D eigenvalue weighted by Gasteiger charge is 2.22. The Kier molecular flexibility index (Phi) is 7.84. The number of hydrazine groups is 1. The largest absolute Gasteiger partial charge is 0.338 e. The van der Waals surface area contributed by atoms with E-state index in [4.69, 9.17) is 0 Å². The number of carbonyl (C=O) groups is 3. The second-order valence-corrected chi connectivity index (χ2v) is 8.56. The van der Waals surface area contributed by atoms with Crippen molar-refractivity contribution < 1.29 is 14.4 Å². The van der Waals surface area contributed by atoms with Crippen molar-refractivity contribution in [2.75, 3.05) is 6.54 Å². The van der Waals surface area contributed by atoms with Crippen LogP contribution in [0.15, 0.2) is 36.4 Å². The molecule has 2 aromatic rings. The van der Waals surface area contributed by atoms with Gasteiger partial charge in [-0.15, -0.1) is 11.3 Å². The third-order valence-electron chi connectivity index (χ3n) is 5.23. The number of urea groups is 1. The maximum Gasteiger partial charge on any atom is 0.315 e. The molecule has 8 heteroatoms. The molecule has 0 fully saturated rings. The van der Waals surface area contributed by atoms with Gasteiger partial charge in [0.1, 0.15) is 0 Å². The average molecular weight is 429 g/mol. The van der Waals surface area contributed by atoms with Gasteiger partial charge in [0.05, 0.1) is 4.88 Å². The van der Waals surface area contributed by atoms with Crippen LogP contribution in [0, 0.1) is 5.92 Å². The molecule has 0 spiro atoms. The van der Waals surface area contributed by atoms with Gasteiger partial charge in [0.2, 0.25) is 5.91 Å². The Morgan fingerprint density at radius 1 is 1.10 bits per heavy atom. The van der Waals surface area contributed by atoms with Gasteiger partial charge in [-0.3, -0.25) is 20.4 Å². The summed E-state index contributed by atoms with van der Waals surface area (Å²) in [5.41, 5.74) is 7.13. The lowest BCUT2D eigenvalue weighted by Crippen LogP contribution is -2.43. The first-order chi connectivity index (χ1) is 14.5. The van der Waals surface area contributed by atoms with E-state index in [-0.39, 0.29) is 30.8 Å². The van der Waals surface area contributed by atoms with Gasteiger partial charge in [0.25, 0.3) is 5.91 Å².